The van der Waals surface area contributed by atoms with E-state index in [0.29, 0.717) is 31.8 Å². The lowest BCUT2D eigenvalue weighted by atomic mass is 9.95. The number of carbonyl (C=O) groups excluding carboxylic acids is 1. The second-order valence-corrected chi connectivity index (χ2v) is 13.4. The molecule has 0 saturated carbocycles. The van der Waals surface area contributed by atoms with Crippen LogP contribution in [0.2, 0.25) is 0 Å². The lowest BCUT2D eigenvalue weighted by molar-refractivity contribution is -0.386. The Morgan fingerprint density at radius 2 is 1.84 bits per heavy atom. The predicted octanol–water partition coefficient (Wildman–Crippen LogP) is 6.99. The van der Waals surface area contributed by atoms with Gasteiger partial charge in [-0.15, -0.1) is 0 Å². The van der Waals surface area contributed by atoms with Gasteiger partial charge in [-0.25, -0.2) is 9.79 Å². The number of esters is 1. The van der Waals surface area contributed by atoms with Gasteiger partial charge in [0.1, 0.15) is 18.4 Å². The van der Waals surface area contributed by atoms with Crippen molar-refractivity contribution in [2.45, 2.75) is 46.4 Å². The number of hydrogen-bond donors (Lipinski definition) is 0. The fraction of sp³-hybridized carbons (Fsp3) is 0.216. The Bertz CT molecular complexity index is 2320. The predicted molar refractivity (Wildman–Crippen MR) is 192 cm³/mol. The Labute approximate surface area is 293 Å². The van der Waals surface area contributed by atoms with Gasteiger partial charge in [0.15, 0.2) is 4.80 Å². The number of halogens is 1. The monoisotopic (exact) mass is 741 g/mol. The molecule has 0 aliphatic carbocycles. The second-order valence-electron chi connectivity index (χ2n) is 11.5. The zero-order valence-corrected chi connectivity index (χ0v) is 29.5. The van der Waals surface area contributed by atoms with Gasteiger partial charge in [-0.1, -0.05) is 72.0 Å². The number of nitro benzene ring substituents is 1. The number of fused-ring (bicyclic) bond motifs is 2. The molecule has 4 aromatic carbocycles. The topological polar surface area (TPSA) is 122 Å². The van der Waals surface area contributed by atoms with E-state index in [1.165, 1.54) is 10.6 Å². The van der Waals surface area contributed by atoms with E-state index in [0.717, 1.165) is 27.7 Å². The summed E-state index contributed by atoms with van der Waals surface area (Å²) in [7, 11) is 0. The van der Waals surface area contributed by atoms with Gasteiger partial charge in [0, 0.05) is 11.6 Å². The second kappa shape index (κ2) is 14.2. The molecule has 0 amide bonds. The first kappa shape index (κ1) is 33.8. The SMILES string of the molecule is CCOC(=O)C1=C(C)N=c2s/c(=C\c3cc(Br)c(OCc4cccc5ccccc45)c([N+](=O)[O-])c3)c(=O)n2[C@@H]1c1ccccc1OC(C)C. The number of carbonyl (C=O) groups is 1. The number of benzene rings is 4. The van der Waals surface area contributed by atoms with Gasteiger partial charge >= 0.3 is 11.7 Å². The van der Waals surface area contributed by atoms with Crippen LogP contribution in [0.4, 0.5) is 5.69 Å². The van der Waals surface area contributed by atoms with Gasteiger partial charge in [0.05, 0.1) is 37.9 Å². The van der Waals surface area contributed by atoms with Gasteiger partial charge in [-0.2, -0.15) is 0 Å². The number of rotatable bonds is 10. The van der Waals surface area contributed by atoms with E-state index in [-0.39, 0.29) is 40.9 Å². The van der Waals surface area contributed by atoms with Crippen molar-refractivity contribution in [2.24, 2.45) is 4.99 Å². The molecule has 0 saturated heterocycles. The summed E-state index contributed by atoms with van der Waals surface area (Å²) < 4.78 is 19.7. The minimum absolute atomic E-state index is 0.0769. The van der Waals surface area contributed by atoms with E-state index < -0.39 is 22.5 Å². The van der Waals surface area contributed by atoms with Crippen molar-refractivity contribution < 1.29 is 23.9 Å². The summed E-state index contributed by atoms with van der Waals surface area (Å²) in [4.78, 5) is 44.3. The van der Waals surface area contributed by atoms with Crippen LogP contribution in [0.5, 0.6) is 11.5 Å². The van der Waals surface area contributed by atoms with Gasteiger partial charge in [-0.05, 0) is 83.7 Å². The van der Waals surface area contributed by atoms with Crippen molar-refractivity contribution in [2.75, 3.05) is 6.61 Å². The Morgan fingerprint density at radius 3 is 2.59 bits per heavy atom. The van der Waals surface area contributed by atoms with Gasteiger partial charge < -0.3 is 14.2 Å². The molecular weight excluding hydrogens is 710 g/mol. The Morgan fingerprint density at radius 1 is 1.10 bits per heavy atom. The Hall–Kier alpha value is -5.07. The number of nitrogens with zero attached hydrogens (tertiary/aromatic N) is 3. The van der Waals surface area contributed by atoms with Crippen LogP contribution in [-0.2, 0) is 16.1 Å². The molecule has 250 valence electrons. The van der Waals surface area contributed by atoms with Gasteiger partial charge in [0.2, 0.25) is 5.75 Å². The van der Waals surface area contributed by atoms with E-state index in [2.05, 4.69) is 20.9 Å². The van der Waals surface area contributed by atoms with Crippen LogP contribution in [0, 0.1) is 10.1 Å². The smallest absolute Gasteiger partial charge is 0.338 e. The molecule has 0 N–H and O–H groups in total. The van der Waals surface area contributed by atoms with E-state index in [1.54, 1.807) is 32.1 Å². The largest absolute Gasteiger partial charge is 0.491 e. The molecule has 1 atom stereocenters. The number of nitro groups is 1. The summed E-state index contributed by atoms with van der Waals surface area (Å²) in [6, 6.07) is 23.1. The molecule has 0 fully saturated rings. The van der Waals surface area contributed by atoms with Crippen LogP contribution in [0.25, 0.3) is 16.8 Å². The quantitative estimate of drug-likeness (QED) is 0.0859. The summed E-state index contributed by atoms with van der Waals surface area (Å²) >= 11 is 4.60. The minimum Gasteiger partial charge on any atom is -0.491 e. The maximum atomic E-state index is 14.2. The number of thiazole rings is 1. The van der Waals surface area contributed by atoms with Crippen molar-refractivity contribution in [1.29, 1.82) is 0 Å². The Balaban J connectivity index is 1.44. The van der Waals surface area contributed by atoms with Crippen molar-refractivity contribution in [3.05, 3.63) is 141 Å². The third-order valence-corrected chi connectivity index (χ3v) is 9.46. The molecule has 0 unspecified atom stereocenters. The molecule has 10 nitrogen and oxygen atoms in total. The minimum atomic E-state index is -0.877. The first-order valence-electron chi connectivity index (χ1n) is 15.6. The molecule has 12 heteroatoms. The highest BCUT2D eigenvalue weighted by Crippen LogP contribution is 2.38. The Kier molecular flexibility index (Phi) is 9.79. The van der Waals surface area contributed by atoms with Crippen molar-refractivity contribution >= 4 is 55.8 Å². The third-order valence-electron chi connectivity index (χ3n) is 7.89. The average Bonchev–Trinajstić information content (AvgIpc) is 3.37. The highest BCUT2D eigenvalue weighted by molar-refractivity contribution is 9.10. The standard InChI is InChI=1S/C37H32BrN3O7S/c1-5-46-36(43)32-22(4)39-37-40(33(32)27-15-8-9-16-30(27)48-21(2)3)35(42)31(49-37)19-23-17-28(38)34(29(18-23)41(44)45)47-20-25-13-10-12-24-11-6-7-14-26(24)25/h6-19,21,33H,5,20H2,1-4H3/b31-19-/t33-/m1/s1. The van der Waals surface area contributed by atoms with Crippen LogP contribution in [0.15, 0.2) is 104 Å². The number of aromatic nitrogens is 1. The number of allylic oxidation sites excluding steroid dienone is 1. The maximum Gasteiger partial charge on any atom is 0.338 e. The van der Waals surface area contributed by atoms with E-state index in [9.17, 15) is 19.7 Å². The van der Waals surface area contributed by atoms with Crippen molar-refractivity contribution in [1.82, 2.24) is 4.57 Å². The molecule has 1 aliphatic rings. The number of hydrogen-bond acceptors (Lipinski definition) is 9. The fourth-order valence-electron chi connectivity index (χ4n) is 5.83. The first-order valence-corrected chi connectivity index (χ1v) is 17.2. The molecule has 5 aromatic rings. The number of para-hydroxylation sites is 1. The summed E-state index contributed by atoms with van der Waals surface area (Å²) in [5.74, 6) is 0.0150. The molecule has 2 heterocycles. The molecule has 0 spiro atoms. The van der Waals surface area contributed by atoms with Gasteiger partial charge in [-0.3, -0.25) is 19.5 Å². The highest BCUT2D eigenvalue weighted by Gasteiger charge is 2.35. The zero-order valence-electron chi connectivity index (χ0n) is 27.1. The zero-order chi connectivity index (χ0) is 34.8. The summed E-state index contributed by atoms with van der Waals surface area (Å²) in [6.07, 6.45) is 1.41. The van der Waals surface area contributed by atoms with Crippen LogP contribution in [0.3, 0.4) is 0 Å². The fourth-order valence-corrected chi connectivity index (χ4v) is 7.46. The average molecular weight is 743 g/mol. The maximum absolute atomic E-state index is 14.2. The van der Waals surface area contributed by atoms with Gasteiger partial charge in [0.25, 0.3) is 5.56 Å². The normalized spacial score (nSPS) is 14.5. The summed E-state index contributed by atoms with van der Waals surface area (Å²) in [6.45, 7) is 7.47. The van der Waals surface area contributed by atoms with Crippen molar-refractivity contribution in [3.8, 4) is 11.5 Å². The van der Waals surface area contributed by atoms with E-state index in [4.69, 9.17) is 14.2 Å². The molecule has 0 bridgehead atoms. The first-order chi connectivity index (χ1) is 23.6. The molecule has 1 aliphatic heterocycles. The lowest BCUT2D eigenvalue weighted by Gasteiger charge is -2.26. The third kappa shape index (κ3) is 6.79. The molecule has 1 aromatic heterocycles. The van der Waals surface area contributed by atoms with Crippen LogP contribution in [0.1, 0.15) is 50.4 Å². The number of ether oxygens (including phenoxy) is 3. The van der Waals surface area contributed by atoms with E-state index in [1.807, 2.05) is 74.5 Å². The van der Waals surface area contributed by atoms with Crippen LogP contribution >= 0.6 is 27.3 Å². The van der Waals surface area contributed by atoms with Crippen LogP contribution < -0.4 is 24.4 Å². The molecular formula is C37H32BrN3O7S. The lowest BCUT2D eigenvalue weighted by Crippen LogP contribution is -2.40. The summed E-state index contributed by atoms with van der Waals surface area (Å²) in [5, 5.41) is 14.3. The van der Waals surface area contributed by atoms with Crippen LogP contribution in [-0.4, -0.2) is 28.2 Å². The van der Waals surface area contributed by atoms with Crippen molar-refractivity contribution in [3.63, 3.8) is 0 Å². The van der Waals surface area contributed by atoms with E-state index >= 15 is 0 Å². The molecule has 0 radical (unpaired) electrons. The molecule has 49 heavy (non-hydrogen) atoms. The highest BCUT2D eigenvalue weighted by atomic mass is 79.9. The molecule has 6 rings (SSSR count). The summed E-state index contributed by atoms with van der Waals surface area (Å²) in [5.41, 5.74) is 1.87.